The molecule has 1 aliphatic heterocycles. The molecule has 0 unspecified atom stereocenters. The Hall–Kier alpha value is -1.09. The summed E-state index contributed by atoms with van der Waals surface area (Å²) in [6, 6.07) is 6.30. The summed E-state index contributed by atoms with van der Waals surface area (Å²) >= 11 is 0. The van der Waals surface area contributed by atoms with E-state index in [1.54, 1.807) is 12.1 Å². The standard InChI is InChI=1S/C14H21FN2/c1-10-4-3-5-11(2)17(10)9-12-6-7-14(16)13(15)8-12/h6-8,10-11H,3-5,9,16H2,1-2H3/t10-,11+. The van der Waals surface area contributed by atoms with Gasteiger partial charge in [0.2, 0.25) is 0 Å². The number of rotatable bonds is 2. The quantitative estimate of drug-likeness (QED) is 0.799. The number of nitrogen functional groups attached to an aromatic ring is 1. The fraction of sp³-hybridized carbons (Fsp3) is 0.571. The average molecular weight is 236 g/mol. The lowest BCUT2D eigenvalue weighted by molar-refractivity contribution is 0.0952. The van der Waals surface area contributed by atoms with E-state index in [1.165, 1.54) is 19.3 Å². The van der Waals surface area contributed by atoms with Gasteiger partial charge in [-0.1, -0.05) is 12.5 Å². The highest BCUT2D eigenvalue weighted by Crippen LogP contribution is 2.25. The largest absolute Gasteiger partial charge is 0.396 e. The Bertz CT molecular complexity index is 382. The summed E-state index contributed by atoms with van der Waals surface area (Å²) in [5.41, 5.74) is 6.73. The number of hydrogen-bond donors (Lipinski definition) is 1. The van der Waals surface area contributed by atoms with Gasteiger partial charge in [-0.2, -0.15) is 0 Å². The zero-order chi connectivity index (χ0) is 12.4. The molecule has 0 aliphatic carbocycles. The molecule has 94 valence electrons. The van der Waals surface area contributed by atoms with Crippen molar-refractivity contribution in [1.82, 2.24) is 4.90 Å². The molecule has 0 bridgehead atoms. The molecule has 3 heteroatoms. The molecule has 1 aromatic rings. The molecule has 0 spiro atoms. The molecule has 0 amide bonds. The van der Waals surface area contributed by atoms with E-state index in [0.717, 1.165) is 12.1 Å². The number of nitrogens with two attached hydrogens (primary N) is 1. The van der Waals surface area contributed by atoms with Crippen LogP contribution in [0.3, 0.4) is 0 Å². The fourth-order valence-corrected chi connectivity index (χ4v) is 2.67. The highest BCUT2D eigenvalue weighted by molar-refractivity contribution is 5.41. The van der Waals surface area contributed by atoms with Gasteiger partial charge in [-0.3, -0.25) is 4.90 Å². The summed E-state index contributed by atoms with van der Waals surface area (Å²) in [7, 11) is 0. The minimum absolute atomic E-state index is 0.230. The third kappa shape index (κ3) is 2.78. The Kier molecular flexibility index (Phi) is 3.67. The molecule has 0 aromatic heterocycles. The molecule has 2 rings (SSSR count). The maximum atomic E-state index is 13.4. The summed E-state index contributed by atoms with van der Waals surface area (Å²) in [4.78, 5) is 2.45. The Morgan fingerprint density at radius 1 is 1.29 bits per heavy atom. The maximum Gasteiger partial charge on any atom is 0.146 e. The van der Waals surface area contributed by atoms with Gasteiger partial charge in [-0.05, 0) is 44.4 Å². The van der Waals surface area contributed by atoms with E-state index >= 15 is 0 Å². The molecule has 2 atom stereocenters. The van der Waals surface area contributed by atoms with Gasteiger partial charge in [0.1, 0.15) is 5.82 Å². The fourth-order valence-electron chi connectivity index (χ4n) is 2.67. The molecule has 0 saturated carbocycles. The smallest absolute Gasteiger partial charge is 0.146 e. The number of nitrogens with zero attached hydrogens (tertiary/aromatic N) is 1. The number of likely N-dealkylation sites (tertiary alicyclic amines) is 1. The van der Waals surface area contributed by atoms with Gasteiger partial charge in [-0.15, -0.1) is 0 Å². The van der Waals surface area contributed by atoms with Crippen LogP contribution in [0.5, 0.6) is 0 Å². The Morgan fingerprint density at radius 3 is 2.53 bits per heavy atom. The van der Waals surface area contributed by atoms with Crippen LogP contribution < -0.4 is 5.73 Å². The summed E-state index contributed by atoms with van der Waals surface area (Å²) in [5.74, 6) is -0.306. The summed E-state index contributed by atoms with van der Waals surface area (Å²) in [6.07, 6.45) is 3.78. The molecule has 1 saturated heterocycles. The SMILES string of the molecule is C[C@@H]1CCC[C@H](C)N1Cc1ccc(N)c(F)c1. The first-order valence-electron chi connectivity index (χ1n) is 6.37. The van der Waals surface area contributed by atoms with Crippen LogP contribution in [0.1, 0.15) is 38.7 Å². The number of benzene rings is 1. The summed E-state index contributed by atoms with van der Waals surface area (Å²) in [6.45, 7) is 5.33. The third-order valence-corrected chi connectivity index (χ3v) is 3.81. The second-order valence-corrected chi connectivity index (χ2v) is 5.16. The monoisotopic (exact) mass is 236 g/mol. The predicted octanol–water partition coefficient (Wildman–Crippen LogP) is 3.17. The topological polar surface area (TPSA) is 29.3 Å². The van der Waals surface area contributed by atoms with Crippen molar-refractivity contribution in [2.75, 3.05) is 5.73 Å². The van der Waals surface area contributed by atoms with Crippen LogP contribution in [0.15, 0.2) is 18.2 Å². The minimum Gasteiger partial charge on any atom is -0.396 e. The van der Waals surface area contributed by atoms with Crippen molar-refractivity contribution in [3.05, 3.63) is 29.6 Å². The first kappa shape index (κ1) is 12.4. The van der Waals surface area contributed by atoms with Gasteiger partial charge >= 0.3 is 0 Å². The Balaban J connectivity index is 2.10. The number of hydrogen-bond acceptors (Lipinski definition) is 2. The first-order chi connectivity index (χ1) is 8.08. The number of anilines is 1. The van der Waals surface area contributed by atoms with Gasteiger partial charge in [0.15, 0.2) is 0 Å². The van der Waals surface area contributed by atoms with Crippen molar-refractivity contribution in [2.24, 2.45) is 0 Å². The van der Waals surface area contributed by atoms with E-state index in [-0.39, 0.29) is 11.5 Å². The van der Waals surface area contributed by atoms with Crippen LogP contribution in [0.4, 0.5) is 10.1 Å². The normalized spacial score (nSPS) is 26.1. The van der Waals surface area contributed by atoms with Crippen molar-refractivity contribution in [3.8, 4) is 0 Å². The maximum absolute atomic E-state index is 13.4. The Morgan fingerprint density at radius 2 is 1.94 bits per heavy atom. The highest BCUT2D eigenvalue weighted by atomic mass is 19.1. The zero-order valence-electron chi connectivity index (χ0n) is 10.6. The van der Waals surface area contributed by atoms with Crippen LogP contribution in [0, 0.1) is 5.82 Å². The van der Waals surface area contributed by atoms with Crippen LogP contribution in [-0.4, -0.2) is 17.0 Å². The van der Waals surface area contributed by atoms with Gasteiger partial charge in [0.25, 0.3) is 0 Å². The average Bonchev–Trinajstić information content (AvgIpc) is 2.28. The van der Waals surface area contributed by atoms with Gasteiger partial charge in [-0.25, -0.2) is 4.39 Å². The van der Waals surface area contributed by atoms with E-state index in [2.05, 4.69) is 18.7 Å². The van der Waals surface area contributed by atoms with E-state index in [0.29, 0.717) is 12.1 Å². The first-order valence-corrected chi connectivity index (χ1v) is 6.37. The lowest BCUT2D eigenvalue weighted by Crippen LogP contribution is -2.42. The van der Waals surface area contributed by atoms with E-state index < -0.39 is 0 Å². The molecule has 17 heavy (non-hydrogen) atoms. The molecule has 2 nitrogen and oxygen atoms in total. The summed E-state index contributed by atoms with van der Waals surface area (Å²) < 4.78 is 13.4. The minimum atomic E-state index is -0.306. The lowest BCUT2D eigenvalue weighted by atomic mass is 9.96. The molecule has 1 aliphatic rings. The number of halogens is 1. The van der Waals surface area contributed by atoms with Gasteiger partial charge < -0.3 is 5.73 Å². The van der Waals surface area contributed by atoms with Crippen molar-refractivity contribution >= 4 is 5.69 Å². The van der Waals surface area contributed by atoms with Gasteiger partial charge in [0.05, 0.1) is 5.69 Å². The molecule has 2 N–H and O–H groups in total. The molecular formula is C14H21FN2. The molecule has 0 radical (unpaired) electrons. The van der Waals surface area contributed by atoms with Crippen LogP contribution >= 0.6 is 0 Å². The zero-order valence-corrected chi connectivity index (χ0v) is 10.6. The van der Waals surface area contributed by atoms with E-state index in [4.69, 9.17) is 5.73 Å². The van der Waals surface area contributed by atoms with Crippen LogP contribution in [0.2, 0.25) is 0 Å². The highest BCUT2D eigenvalue weighted by Gasteiger charge is 2.24. The van der Waals surface area contributed by atoms with Crippen molar-refractivity contribution in [3.63, 3.8) is 0 Å². The van der Waals surface area contributed by atoms with Crippen molar-refractivity contribution in [1.29, 1.82) is 0 Å². The van der Waals surface area contributed by atoms with Crippen LogP contribution in [-0.2, 0) is 6.54 Å². The Labute approximate surface area is 103 Å². The van der Waals surface area contributed by atoms with Crippen LogP contribution in [0.25, 0.3) is 0 Å². The third-order valence-electron chi connectivity index (χ3n) is 3.81. The number of piperidine rings is 1. The van der Waals surface area contributed by atoms with Crippen molar-refractivity contribution in [2.45, 2.75) is 51.7 Å². The van der Waals surface area contributed by atoms with E-state index in [1.807, 2.05) is 6.07 Å². The predicted molar refractivity (Wildman–Crippen MR) is 69.1 cm³/mol. The van der Waals surface area contributed by atoms with E-state index in [9.17, 15) is 4.39 Å². The second-order valence-electron chi connectivity index (χ2n) is 5.16. The summed E-state index contributed by atoms with van der Waals surface area (Å²) in [5, 5.41) is 0. The molecule has 1 aromatic carbocycles. The van der Waals surface area contributed by atoms with Crippen molar-refractivity contribution < 1.29 is 4.39 Å². The lowest BCUT2D eigenvalue weighted by Gasteiger charge is -2.39. The molecule has 1 heterocycles. The molecule has 1 fully saturated rings. The van der Waals surface area contributed by atoms with Gasteiger partial charge in [0, 0.05) is 18.6 Å². The second kappa shape index (κ2) is 5.05. The molecular weight excluding hydrogens is 215 g/mol.